The monoisotopic (exact) mass is 703 g/mol. The summed E-state index contributed by atoms with van der Waals surface area (Å²) in [6.07, 6.45) is 0. The van der Waals surface area contributed by atoms with Crippen LogP contribution in [0.1, 0.15) is 0 Å². The second-order valence-corrected chi connectivity index (χ2v) is 13.6. The topological polar surface area (TPSA) is 51.8 Å². The first kappa shape index (κ1) is 32.2. The Labute approximate surface area is 319 Å². The van der Waals surface area contributed by atoms with Crippen molar-refractivity contribution >= 4 is 21.9 Å². The third-order valence-electron chi connectivity index (χ3n) is 10.4. The molecule has 10 rings (SSSR count). The molecule has 0 amide bonds. The Morgan fingerprint density at radius 1 is 0.291 bits per heavy atom. The second-order valence-electron chi connectivity index (χ2n) is 13.6. The summed E-state index contributed by atoms with van der Waals surface area (Å²) in [6, 6.07) is 69.7. The van der Waals surface area contributed by atoms with E-state index in [-0.39, 0.29) is 0 Å². The minimum atomic E-state index is 0.748. The van der Waals surface area contributed by atoms with Gasteiger partial charge < -0.3 is 4.42 Å². The summed E-state index contributed by atoms with van der Waals surface area (Å²) >= 11 is 0. The van der Waals surface area contributed by atoms with E-state index in [1.165, 1.54) is 0 Å². The predicted octanol–water partition coefficient (Wildman–Crippen LogP) is 13.4. The number of furan rings is 1. The summed E-state index contributed by atoms with van der Waals surface area (Å²) in [5.74, 6) is 0. The minimum Gasteiger partial charge on any atom is -0.456 e. The van der Waals surface area contributed by atoms with Crippen LogP contribution in [0.3, 0.4) is 0 Å². The van der Waals surface area contributed by atoms with Crippen LogP contribution < -0.4 is 0 Å². The molecule has 0 saturated carbocycles. The van der Waals surface area contributed by atoms with Crippen LogP contribution in [-0.4, -0.2) is 15.4 Å². The Kier molecular flexibility index (Phi) is 8.12. The highest BCUT2D eigenvalue weighted by Crippen LogP contribution is 2.49. The molecule has 0 unspecified atom stereocenters. The van der Waals surface area contributed by atoms with Gasteiger partial charge in [-0.3, -0.25) is 0 Å². The highest BCUT2D eigenvalue weighted by Gasteiger charge is 2.26. The molecule has 55 heavy (non-hydrogen) atoms. The molecule has 0 radical (unpaired) electrons. The Hall–Kier alpha value is -7.43. The fraction of sp³-hybridized carbons (Fsp3) is 0. The lowest BCUT2D eigenvalue weighted by Gasteiger charge is -2.21. The molecule has 0 saturated heterocycles. The number of fused-ring (bicyclic) bond motifs is 3. The average Bonchev–Trinajstić information content (AvgIpc) is 3.66. The van der Waals surface area contributed by atoms with Crippen LogP contribution in [0.2, 0.25) is 0 Å². The van der Waals surface area contributed by atoms with Crippen LogP contribution in [-0.2, 0) is 0 Å². The second kappa shape index (κ2) is 13.8. The van der Waals surface area contributed by atoms with Crippen molar-refractivity contribution in [1.82, 2.24) is 15.4 Å². The van der Waals surface area contributed by atoms with Gasteiger partial charge in [-0.1, -0.05) is 188 Å². The van der Waals surface area contributed by atoms with Gasteiger partial charge in [0.1, 0.15) is 22.6 Å². The highest BCUT2D eigenvalue weighted by molar-refractivity contribution is 6.16. The van der Waals surface area contributed by atoms with Gasteiger partial charge in [0.05, 0.1) is 0 Å². The van der Waals surface area contributed by atoms with Crippen molar-refractivity contribution in [3.63, 3.8) is 0 Å². The standard InChI is InChI=1S/C51H33N3O/c1-4-18-34(19-5-1)37-24-10-12-26-39(37)40-29-16-31-44(48(40)43-30-17-33-46-49(43)42-28-14-15-32-45(42)55-46)51-47(36-22-8-3-9-23-36)50(52-54-53-51)41-27-13-11-25-38(41)35-20-6-2-7-21-35/h1-33H. The molecule has 0 bridgehead atoms. The van der Waals surface area contributed by atoms with Crippen molar-refractivity contribution < 1.29 is 4.42 Å². The SMILES string of the molecule is c1ccc(-c2ccccc2-c2cccc(-c3nnnc(-c4ccccc4-c4ccccc4)c3-c3ccccc3)c2-c2cccc3oc4ccccc4c23)cc1. The normalized spacial score (nSPS) is 11.3. The smallest absolute Gasteiger partial charge is 0.136 e. The fourth-order valence-corrected chi connectivity index (χ4v) is 7.97. The van der Waals surface area contributed by atoms with Crippen molar-refractivity contribution in [1.29, 1.82) is 0 Å². The van der Waals surface area contributed by atoms with Crippen molar-refractivity contribution in [3.8, 4) is 78.1 Å². The average molecular weight is 704 g/mol. The summed E-state index contributed by atoms with van der Waals surface area (Å²) in [7, 11) is 0. The number of hydrogen-bond acceptors (Lipinski definition) is 4. The zero-order valence-electron chi connectivity index (χ0n) is 29.8. The first-order valence-electron chi connectivity index (χ1n) is 18.5. The van der Waals surface area contributed by atoms with Gasteiger partial charge in [0, 0.05) is 27.5 Å². The third kappa shape index (κ3) is 5.68. The molecule has 0 aliphatic carbocycles. The Bertz CT molecular complexity index is 2970. The van der Waals surface area contributed by atoms with Gasteiger partial charge in [-0.25, -0.2) is 0 Å². The molecule has 2 aromatic heterocycles. The molecule has 2 heterocycles. The lowest BCUT2D eigenvalue weighted by molar-refractivity contribution is 0.669. The maximum absolute atomic E-state index is 6.49. The van der Waals surface area contributed by atoms with Crippen LogP contribution in [0.25, 0.3) is 100 Å². The molecule has 258 valence electrons. The number of rotatable bonds is 7. The Morgan fingerprint density at radius 3 is 1.44 bits per heavy atom. The van der Waals surface area contributed by atoms with Crippen LogP contribution in [0.5, 0.6) is 0 Å². The van der Waals surface area contributed by atoms with Crippen LogP contribution >= 0.6 is 0 Å². The zero-order valence-corrected chi connectivity index (χ0v) is 29.8. The molecule has 10 aromatic rings. The van der Waals surface area contributed by atoms with Crippen LogP contribution in [0, 0.1) is 0 Å². The summed E-state index contributed by atoms with van der Waals surface area (Å²) in [6.45, 7) is 0. The maximum Gasteiger partial charge on any atom is 0.136 e. The van der Waals surface area contributed by atoms with E-state index in [1.54, 1.807) is 0 Å². The number of aromatic nitrogens is 3. The first-order chi connectivity index (χ1) is 27.3. The van der Waals surface area contributed by atoms with E-state index in [9.17, 15) is 0 Å². The van der Waals surface area contributed by atoms with E-state index in [1.807, 2.05) is 24.3 Å². The van der Waals surface area contributed by atoms with E-state index in [2.05, 4.69) is 181 Å². The van der Waals surface area contributed by atoms with Gasteiger partial charge in [-0.2, -0.15) is 0 Å². The minimum absolute atomic E-state index is 0.748. The van der Waals surface area contributed by atoms with Crippen molar-refractivity contribution in [3.05, 3.63) is 200 Å². The van der Waals surface area contributed by atoms with Gasteiger partial charge >= 0.3 is 0 Å². The number of hydrogen-bond donors (Lipinski definition) is 0. The predicted molar refractivity (Wildman–Crippen MR) is 225 cm³/mol. The molecule has 8 aromatic carbocycles. The van der Waals surface area contributed by atoms with Gasteiger partial charge in [0.15, 0.2) is 0 Å². The molecule has 0 N–H and O–H groups in total. The van der Waals surface area contributed by atoms with Crippen molar-refractivity contribution in [2.45, 2.75) is 0 Å². The lowest BCUT2D eigenvalue weighted by atomic mass is 9.83. The largest absolute Gasteiger partial charge is 0.456 e. The molecular formula is C51H33N3O. The van der Waals surface area contributed by atoms with Crippen molar-refractivity contribution in [2.24, 2.45) is 0 Å². The lowest BCUT2D eigenvalue weighted by Crippen LogP contribution is -2.03. The van der Waals surface area contributed by atoms with Crippen LogP contribution in [0.4, 0.5) is 0 Å². The molecule has 0 atom stereocenters. The Balaban J connectivity index is 1.33. The van der Waals surface area contributed by atoms with E-state index in [0.717, 1.165) is 100 Å². The summed E-state index contributed by atoms with van der Waals surface area (Å²) in [5.41, 5.74) is 15.8. The quantitative estimate of drug-likeness (QED) is 0.166. The van der Waals surface area contributed by atoms with E-state index in [0.29, 0.717) is 0 Å². The molecule has 4 nitrogen and oxygen atoms in total. The number of benzene rings is 8. The fourth-order valence-electron chi connectivity index (χ4n) is 7.97. The molecule has 0 spiro atoms. The van der Waals surface area contributed by atoms with Gasteiger partial charge in [0.2, 0.25) is 0 Å². The van der Waals surface area contributed by atoms with Gasteiger partial charge in [-0.15, -0.1) is 10.2 Å². The Morgan fingerprint density at radius 2 is 0.745 bits per heavy atom. The van der Waals surface area contributed by atoms with E-state index in [4.69, 9.17) is 14.6 Å². The molecule has 0 fully saturated rings. The van der Waals surface area contributed by atoms with Gasteiger partial charge in [0.25, 0.3) is 0 Å². The van der Waals surface area contributed by atoms with E-state index < -0.39 is 0 Å². The molecule has 0 aliphatic rings. The van der Waals surface area contributed by atoms with E-state index >= 15 is 0 Å². The van der Waals surface area contributed by atoms with Crippen molar-refractivity contribution in [2.75, 3.05) is 0 Å². The zero-order chi connectivity index (χ0) is 36.6. The first-order valence-corrected chi connectivity index (χ1v) is 18.5. The molecule has 4 heteroatoms. The van der Waals surface area contributed by atoms with Gasteiger partial charge in [-0.05, 0) is 67.4 Å². The third-order valence-corrected chi connectivity index (χ3v) is 10.4. The molecule has 0 aliphatic heterocycles. The summed E-state index contributed by atoms with van der Waals surface area (Å²) in [5, 5.41) is 16.5. The molecular weight excluding hydrogens is 671 g/mol. The highest BCUT2D eigenvalue weighted by atomic mass is 16.3. The number of nitrogens with zero attached hydrogens (tertiary/aromatic N) is 3. The maximum atomic E-state index is 6.49. The number of para-hydroxylation sites is 1. The summed E-state index contributed by atoms with van der Waals surface area (Å²) < 4.78 is 6.49. The summed E-state index contributed by atoms with van der Waals surface area (Å²) in [4.78, 5) is 0. The van der Waals surface area contributed by atoms with Crippen LogP contribution in [0.15, 0.2) is 205 Å².